The smallest absolute Gasteiger partial charge is 0.138 e. The summed E-state index contributed by atoms with van der Waals surface area (Å²) in [5.41, 5.74) is 1.62. The summed E-state index contributed by atoms with van der Waals surface area (Å²) >= 11 is 0. The van der Waals surface area contributed by atoms with Crippen molar-refractivity contribution in [3.05, 3.63) is 42.4 Å². The molecule has 3 aromatic heterocycles. The van der Waals surface area contributed by atoms with E-state index in [-0.39, 0.29) is 6.61 Å². The average Bonchev–Trinajstić information content (AvgIpc) is 3.13. The lowest BCUT2D eigenvalue weighted by Gasteiger charge is -2.18. The molecule has 0 aliphatic heterocycles. The number of aliphatic hydroxyl groups is 2. The van der Waals surface area contributed by atoms with E-state index in [1.165, 1.54) is 6.20 Å². The summed E-state index contributed by atoms with van der Waals surface area (Å²) in [6.45, 7) is 3.75. The van der Waals surface area contributed by atoms with E-state index < -0.39 is 11.8 Å². The van der Waals surface area contributed by atoms with E-state index in [2.05, 4.69) is 26.8 Å². The van der Waals surface area contributed by atoms with Crippen molar-refractivity contribution in [2.45, 2.75) is 25.7 Å². The molecular weight excluding hydrogens is 372 g/mol. The lowest BCUT2D eigenvalue weighted by molar-refractivity contribution is 0.0283. The van der Waals surface area contributed by atoms with Crippen LogP contribution in [-0.4, -0.2) is 56.8 Å². The minimum Gasteiger partial charge on any atom is -0.489 e. The molecule has 0 saturated carbocycles. The molecule has 1 unspecified atom stereocenters. The van der Waals surface area contributed by atoms with E-state index in [1.54, 1.807) is 49.9 Å². The molecule has 0 fully saturated rings. The summed E-state index contributed by atoms with van der Waals surface area (Å²) in [6.07, 6.45) is 4.18. The minimum absolute atomic E-state index is 0.110. The Bertz CT molecular complexity index is 1020. The molecular formula is C20H24N6O3. The molecule has 152 valence electrons. The van der Waals surface area contributed by atoms with E-state index in [9.17, 15) is 15.5 Å². The lowest BCUT2D eigenvalue weighted by atomic mass is 10.1. The number of nitriles is 1. The second-order valence-electron chi connectivity index (χ2n) is 7.27. The number of fused-ring (bicyclic) bond motifs is 1. The number of hydrogen-bond acceptors (Lipinski definition) is 8. The van der Waals surface area contributed by atoms with Crippen molar-refractivity contribution in [2.75, 3.05) is 25.5 Å². The van der Waals surface area contributed by atoms with Crippen molar-refractivity contribution in [1.82, 2.24) is 19.9 Å². The summed E-state index contributed by atoms with van der Waals surface area (Å²) < 4.78 is 7.31. The van der Waals surface area contributed by atoms with E-state index in [0.717, 1.165) is 11.1 Å². The third-order valence-corrected chi connectivity index (χ3v) is 4.18. The summed E-state index contributed by atoms with van der Waals surface area (Å²) in [6, 6.07) is 7.62. The molecule has 9 heteroatoms. The van der Waals surface area contributed by atoms with Crippen LogP contribution in [0.5, 0.6) is 5.75 Å². The number of aliphatic hydroxyl groups excluding tert-OH is 1. The molecule has 0 aliphatic carbocycles. The van der Waals surface area contributed by atoms with Gasteiger partial charge in [0.1, 0.15) is 30.5 Å². The zero-order chi connectivity index (χ0) is 21.0. The highest BCUT2D eigenvalue weighted by molar-refractivity contribution is 5.85. The first-order chi connectivity index (χ1) is 13.8. The average molecular weight is 396 g/mol. The van der Waals surface area contributed by atoms with Gasteiger partial charge in [-0.25, -0.2) is 9.50 Å². The van der Waals surface area contributed by atoms with Crippen molar-refractivity contribution >= 4 is 11.3 Å². The van der Waals surface area contributed by atoms with E-state index in [4.69, 9.17) is 4.74 Å². The van der Waals surface area contributed by atoms with Gasteiger partial charge in [-0.2, -0.15) is 10.4 Å². The van der Waals surface area contributed by atoms with Gasteiger partial charge in [-0.15, -0.1) is 0 Å². The van der Waals surface area contributed by atoms with Crippen molar-refractivity contribution in [3.8, 4) is 22.9 Å². The SMILES string of the molecule is CNC(O)CNc1ccc(-c2cc(OCC(C)(C)O)cn3ncc(C#N)c23)cn1. The maximum absolute atomic E-state index is 9.93. The molecule has 0 radical (unpaired) electrons. The van der Waals surface area contributed by atoms with Gasteiger partial charge in [0.15, 0.2) is 0 Å². The van der Waals surface area contributed by atoms with Gasteiger partial charge < -0.3 is 20.3 Å². The fraction of sp³-hybridized carbons (Fsp3) is 0.350. The molecule has 4 N–H and O–H groups in total. The number of pyridine rings is 2. The Morgan fingerprint density at radius 1 is 1.34 bits per heavy atom. The zero-order valence-corrected chi connectivity index (χ0v) is 16.5. The predicted molar refractivity (Wildman–Crippen MR) is 108 cm³/mol. The maximum atomic E-state index is 9.93. The molecule has 0 spiro atoms. The molecule has 0 amide bonds. The Balaban J connectivity index is 1.96. The highest BCUT2D eigenvalue weighted by Gasteiger charge is 2.17. The van der Waals surface area contributed by atoms with Gasteiger partial charge >= 0.3 is 0 Å². The van der Waals surface area contributed by atoms with E-state index in [0.29, 0.717) is 29.2 Å². The Morgan fingerprint density at radius 2 is 2.14 bits per heavy atom. The van der Waals surface area contributed by atoms with E-state index >= 15 is 0 Å². The van der Waals surface area contributed by atoms with Crippen LogP contribution in [0.15, 0.2) is 36.8 Å². The molecule has 3 heterocycles. The second-order valence-corrected chi connectivity index (χ2v) is 7.27. The first-order valence-corrected chi connectivity index (χ1v) is 9.13. The standard InChI is InChI=1S/C20H24N6O3/c1-20(2,28)12-29-15-6-16(19-14(7-21)9-25-26(19)11-15)13-4-5-17(23-8-13)24-10-18(27)22-3/h4-6,8-9,11,18,22,27-28H,10,12H2,1-3H3,(H,23,24). The quantitative estimate of drug-likeness (QED) is 0.420. The summed E-state index contributed by atoms with van der Waals surface area (Å²) in [5, 5.41) is 38.9. The molecule has 3 aromatic rings. The number of aromatic nitrogens is 3. The largest absolute Gasteiger partial charge is 0.489 e. The summed E-state index contributed by atoms with van der Waals surface area (Å²) in [4.78, 5) is 4.38. The molecule has 0 saturated heterocycles. The van der Waals surface area contributed by atoms with Crippen LogP contribution in [0, 0.1) is 11.3 Å². The summed E-state index contributed by atoms with van der Waals surface area (Å²) in [5.74, 6) is 1.13. The van der Waals surface area contributed by atoms with Gasteiger partial charge in [0.2, 0.25) is 0 Å². The number of nitrogens with one attached hydrogen (secondary N) is 2. The lowest BCUT2D eigenvalue weighted by Crippen LogP contribution is -2.32. The van der Waals surface area contributed by atoms with Gasteiger partial charge in [0, 0.05) is 17.3 Å². The van der Waals surface area contributed by atoms with Crippen LogP contribution in [0.1, 0.15) is 19.4 Å². The molecule has 9 nitrogen and oxygen atoms in total. The van der Waals surface area contributed by atoms with E-state index in [1.807, 2.05) is 6.07 Å². The Kier molecular flexibility index (Phi) is 5.98. The second kappa shape index (κ2) is 8.45. The normalized spacial score (nSPS) is 12.6. The molecule has 0 aliphatic rings. The number of nitrogens with zero attached hydrogens (tertiary/aromatic N) is 4. The Labute approximate surface area is 168 Å². The van der Waals surface area contributed by atoms with Gasteiger partial charge in [-0.1, -0.05) is 0 Å². The van der Waals surface area contributed by atoms with Crippen LogP contribution in [-0.2, 0) is 0 Å². The highest BCUT2D eigenvalue weighted by atomic mass is 16.5. The number of rotatable bonds is 8. The molecule has 1 atom stereocenters. The van der Waals surface area contributed by atoms with Crippen LogP contribution < -0.4 is 15.4 Å². The molecule has 29 heavy (non-hydrogen) atoms. The predicted octanol–water partition coefficient (Wildman–Crippen LogP) is 1.37. The van der Waals surface area contributed by atoms with Crippen molar-refractivity contribution in [2.24, 2.45) is 0 Å². The van der Waals surface area contributed by atoms with Crippen molar-refractivity contribution < 1.29 is 14.9 Å². The van der Waals surface area contributed by atoms with Gasteiger partial charge in [0.25, 0.3) is 0 Å². The molecule has 3 rings (SSSR count). The van der Waals surface area contributed by atoms with Crippen LogP contribution >= 0.6 is 0 Å². The fourth-order valence-electron chi connectivity index (χ4n) is 2.70. The minimum atomic E-state index is -0.982. The van der Waals surface area contributed by atoms with Gasteiger partial charge in [-0.05, 0) is 39.1 Å². The van der Waals surface area contributed by atoms with Crippen LogP contribution in [0.4, 0.5) is 5.82 Å². The van der Waals surface area contributed by atoms with Gasteiger partial charge in [-0.3, -0.25) is 5.32 Å². The van der Waals surface area contributed by atoms with Crippen LogP contribution in [0.25, 0.3) is 16.6 Å². The number of ether oxygens (including phenoxy) is 1. The van der Waals surface area contributed by atoms with Crippen molar-refractivity contribution in [1.29, 1.82) is 5.26 Å². The fourth-order valence-corrected chi connectivity index (χ4v) is 2.70. The van der Waals surface area contributed by atoms with Crippen LogP contribution in [0.2, 0.25) is 0 Å². The van der Waals surface area contributed by atoms with Crippen molar-refractivity contribution in [3.63, 3.8) is 0 Å². The monoisotopic (exact) mass is 396 g/mol. The third-order valence-electron chi connectivity index (χ3n) is 4.18. The number of likely N-dealkylation sites (N-methyl/N-ethyl adjacent to an activating group) is 1. The van der Waals surface area contributed by atoms with Gasteiger partial charge in [0.05, 0.1) is 35.6 Å². The molecule has 0 aromatic carbocycles. The zero-order valence-electron chi connectivity index (χ0n) is 16.5. The molecule has 0 bridgehead atoms. The maximum Gasteiger partial charge on any atom is 0.138 e. The topological polar surface area (TPSA) is 128 Å². The summed E-state index contributed by atoms with van der Waals surface area (Å²) in [7, 11) is 1.67. The first kappa shape index (κ1) is 20.5. The Hall–Kier alpha value is -3.19. The number of hydrogen-bond donors (Lipinski definition) is 4. The Morgan fingerprint density at radius 3 is 2.76 bits per heavy atom. The van der Waals surface area contributed by atoms with Crippen LogP contribution in [0.3, 0.4) is 0 Å². The third kappa shape index (κ3) is 5.00. The number of anilines is 1. The first-order valence-electron chi connectivity index (χ1n) is 9.13. The highest BCUT2D eigenvalue weighted by Crippen LogP contribution is 2.31.